The summed E-state index contributed by atoms with van der Waals surface area (Å²) >= 11 is 3.35. The molecule has 1 aromatic rings. The lowest BCUT2D eigenvalue weighted by atomic mass is 9.93. The van der Waals surface area contributed by atoms with Gasteiger partial charge in [0.05, 0.1) is 0 Å². The van der Waals surface area contributed by atoms with Crippen molar-refractivity contribution in [2.24, 2.45) is 5.73 Å². The van der Waals surface area contributed by atoms with E-state index in [9.17, 15) is 0 Å². The Hall–Kier alpha value is -0.450. The van der Waals surface area contributed by atoms with Crippen LogP contribution in [0.4, 0.5) is 0 Å². The SMILES string of the molecule is COCCC(C)(N)Cc1ccc(Br)cn1. The summed E-state index contributed by atoms with van der Waals surface area (Å²) < 4.78 is 6.01. The first kappa shape index (κ1) is 12.6. The van der Waals surface area contributed by atoms with Gasteiger partial charge in [0.1, 0.15) is 0 Å². The van der Waals surface area contributed by atoms with Gasteiger partial charge >= 0.3 is 0 Å². The third-order valence-electron chi connectivity index (χ3n) is 2.25. The van der Waals surface area contributed by atoms with Crippen molar-refractivity contribution in [2.45, 2.75) is 25.3 Å². The number of pyridine rings is 1. The van der Waals surface area contributed by atoms with Gasteiger partial charge in [0.2, 0.25) is 0 Å². The Bertz CT molecular complexity index is 298. The smallest absolute Gasteiger partial charge is 0.0479 e. The molecule has 1 atom stereocenters. The normalized spacial score (nSPS) is 14.9. The lowest BCUT2D eigenvalue weighted by molar-refractivity contribution is 0.171. The maximum Gasteiger partial charge on any atom is 0.0479 e. The standard InChI is InChI=1S/C11H17BrN2O/c1-11(13,5-6-15-2)7-10-4-3-9(12)8-14-10/h3-4,8H,5-7,13H2,1-2H3. The number of aromatic nitrogens is 1. The summed E-state index contributed by atoms with van der Waals surface area (Å²) in [6.07, 6.45) is 3.40. The van der Waals surface area contributed by atoms with E-state index in [0.29, 0.717) is 6.61 Å². The Morgan fingerprint density at radius 1 is 1.53 bits per heavy atom. The van der Waals surface area contributed by atoms with Crippen LogP contribution in [0.15, 0.2) is 22.8 Å². The molecule has 0 aliphatic heterocycles. The molecule has 4 heteroatoms. The second-order valence-electron chi connectivity index (χ2n) is 4.04. The molecule has 0 aromatic carbocycles. The highest BCUT2D eigenvalue weighted by Gasteiger charge is 2.19. The van der Waals surface area contributed by atoms with Crippen LogP contribution >= 0.6 is 15.9 Å². The van der Waals surface area contributed by atoms with Crippen LogP contribution in [0, 0.1) is 0 Å². The summed E-state index contributed by atoms with van der Waals surface area (Å²) in [5.41, 5.74) is 6.90. The Morgan fingerprint density at radius 3 is 2.80 bits per heavy atom. The molecule has 84 valence electrons. The summed E-state index contributed by atoms with van der Waals surface area (Å²) in [6.45, 7) is 2.71. The molecule has 1 unspecified atom stereocenters. The Morgan fingerprint density at radius 2 is 2.27 bits per heavy atom. The highest BCUT2D eigenvalue weighted by molar-refractivity contribution is 9.10. The number of methoxy groups -OCH3 is 1. The van der Waals surface area contributed by atoms with Gasteiger partial charge in [-0.05, 0) is 41.4 Å². The zero-order valence-corrected chi connectivity index (χ0v) is 10.8. The zero-order valence-electron chi connectivity index (χ0n) is 9.16. The van der Waals surface area contributed by atoms with Crippen LogP contribution in [-0.2, 0) is 11.2 Å². The number of rotatable bonds is 5. The molecule has 1 rings (SSSR count). The maximum atomic E-state index is 6.14. The Kier molecular flexibility index (Phi) is 4.70. The van der Waals surface area contributed by atoms with Gasteiger partial charge in [-0.3, -0.25) is 4.98 Å². The molecule has 1 heterocycles. The van der Waals surface area contributed by atoms with Gasteiger partial charge in [0.25, 0.3) is 0 Å². The molecular weight excluding hydrogens is 256 g/mol. The highest BCUT2D eigenvalue weighted by Crippen LogP contribution is 2.14. The van der Waals surface area contributed by atoms with Gasteiger partial charge in [-0.2, -0.15) is 0 Å². The molecule has 0 aliphatic rings. The molecule has 0 fully saturated rings. The van der Waals surface area contributed by atoms with E-state index < -0.39 is 0 Å². The summed E-state index contributed by atoms with van der Waals surface area (Å²) in [7, 11) is 1.69. The fourth-order valence-electron chi connectivity index (χ4n) is 1.35. The number of hydrogen-bond donors (Lipinski definition) is 1. The van der Waals surface area contributed by atoms with E-state index in [1.807, 2.05) is 19.1 Å². The van der Waals surface area contributed by atoms with Crippen LogP contribution < -0.4 is 5.73 Å². The molecule has 0 saturated carbocycles. The van der Waals surface area contributed by atoms with Crippen molar-refractivity contribution in [1.29, 1.82) is 0 Å². The first-order valence-corrected chi connectivity index (χ1v) is 5.71. The number of ether oxygens (including phenoxy) is 1. The molecule has 3 nitrogen and oxygen atoms in total. The quantitative estimate of drug-likeness (QED) is 0.894. The first-order chi connectivity index (χ1) is 7.03. The number of hydrogen-bond acceptors (Lipinski definition) is 3. The van der Waals surface area contributed by atoms with Gasteiger partial charge in [-0.15, -0.1) is 0 Å². The number of halogens is 1. The van der Waals surface area contributed by atoms with Crippen LogP contribution in [0.3, 0.4) is 0 Å². The van der Waals surface area contributed by atoms with Gasteiger partial charge in [0.15, 0.2) is 0 Å². The van der Waals surface area contributed by atoms with Crippen molar-refractivity contribution in [3.63, 3.8) is 0 Å². The topological polar surface area (TPSA) is 48.1 Å². The molecule has 0 amide bonds. The highest BCUT2D eigenvalue weighted by atomic mass is 79.9. The molecule has 1 aromatic heterocycles. The van der Waals surface area contributed by atoms with E-state index in [1.54, 1.807) is 13.3 Å². The van der Waals surface area contributed by atoms with Crippen LogP contribution in [-0.4, -0.2) is 24.2 Å². The van der Waals surface area contributed by atoms with Crippen molar-refractivity contribution in [1.82, 2.24) is 4.98 Å². The molecule has 0 aliphatic carbocycles. The van der Waals surface area contributed by atoms with Crippen molar-refractivity contribution in [3.8, 4) is 0 Å². The molecule has 0 bridgehead atoms. The third kappa shape index (κ3) is 4.73. The Balaban J connectivity index is 2.56. The summed E-state index contributed by atoms with van der Waals surface area (Å²) in [6, 6.07) is 3.97. The van der Waals surface area contributed by atoms with E-state index >= 15 is 0 Å². The average molecular weight is 273 g/mol. The average Bonchev–Trinajstić information content (AvgIpc) is 2.18. The van der Waals surface area contributed by atoms with Crippen molar-refractivity contribution in [3.05, 3.63) is 28.5 Å². The zero-order chi connectivity index (χ0) is 11.3. The second kappa shape index (κ2) is 5.58. The van der Waals surface area contributed by atoms with E-state index in [-0.39, 0.29) is 5.54 Å². The minimum Gasteiger partial charge on any atom is -0.385 e. The van der Waals surface area contributed by atoms with Crippen molar-refractivity contribution < 1.29 is 4.74 Å². The fourth-order valence-corrected chi connectivity index (χ4v) is 1.58. The lowest BCUT2D eigenvalue weighted by Gasteiger charge is -2.23. The molecule has 15 heavy (non-hydrogen) atoms. The fraction of sp³-hybridized carbons (Fsp3) is 0.545. The number of nitrogens with zero attached hydrogens (tertiary/aromatic N) is 1. The molecule has 0 radical (unpaired) electrons. The van der Waals surface area contributed by atoms with E-state index in [2.05, 4.69) is 20.9 Å². The van der Waals surface area contributed by atoms with Gasteiger partial charge in [-0.25, -0.2) is 0 Å². The van der Waals surface area contributed by atoms with E-state index in [1.165, 1.54) is 0 Å². The summed E-state index contributed by atoms with van der Waals surface area (Å²) in [5.74, 6) is 0. The predicted octanol–water partition coefficient (Wildman–Crippen LogP) is 2.14. The monoisotopic (exact) mass is 272 g/mol. The molecular formula is C11H17BrN2O. The van der Waals surface area contributed by atoms with Crippen molar-refractivity contribution in [2.75, 3.05) is 13.7 Å². The first-order valence-electron chi connectivity index (χ1n) is 4.92. The second-order valence-corrected chi connectivity index (χ2v) is 4.96. The summed E-state index contributed by atoms with van der Waals surface area (Å²) in [5, 5.41) is 0. The van der Waals surface area contributed by atoms with Crippen LogP contribution in [0.2, 0.25) is 0 Å². The number of nitrogens with two attached hydrogens (primary N) is 1. The predicted molar refractivity (Wildman–Crippen MR) is 64.7 cm³/mol. The van der Waals surface area contributed by atoms with Gasteiger partial charge in [-0.1, -0.05) is 0 Å². The molecule has 2 N–H and O–H groups in total. The van der Waals surface area contributed by atoms with E-state index in [4.69, 9.17) is 10.5 Å². The Labute approximate surface area is 99.2 Å². The van der Waals surface area contributed by atoms with Crippen LogP contribution in [0.5, 0.6) is 0 Å². The van der Waals surface area contributed by atoms with Crippen molar-refractivity contribution >= 4 is 15.9 Å². The third-order valence-corrected chi connectivity index (χ3v) is 2.72. The largest absolute Gasteiger partial charge is 0.385 e. The van der Waals surface area contributed by atoms with Gasteiger partial charge < -0.3 is 10.5 Å². The van der Waals surface area contributed by atoms with Crippen LogP contribution in [0.25, 0.3) is 0 Å². The minimum atomic E-state index is -0.253. The van der Waals surface area contributed by atoms with E-state index in [0.717, 1.165) is 23.0 Å². The van der Waals surface area contributed by atoms with Gasteiger partial charge in [0, 0.05) is 42.0 Å². The van der Waals surface area contributed by atoms with Crippen LogP contribution in [0.1, 0.15) is 19.0 Å². The maximum absolute atomic E-state index is 6.14. The summed E-state index contributed by atoms with van der Waals surface area (Å²) in [4.78, 5) is 4.30. The molecule has 0 spiro atoms. The minimum absolute atomic E-state index is 0.253. The molecule has 0 saturated heterocycles. The lowest BCUT2D eigenvalue weighted by Crippen LogP contribution is -2.39.